The third kappa shape index (κ3) is 6.20. The average Bonchev–Trinajstić information content (AvgIpc) is 3.63. The van der Waals surface area contributed by atoms with Crippen LogP contribution in [-0.2, 0) is 9.53 Å². The summed E-state index contributed by atoms with van der Waals surface area (Å²) in [5, 5.41) is 13.5. The summed E-state index contributed by atoms with van der Waals surface area (Å²) in [6.07, 6.45) is 6.15. The Morgan fingerprint density at radius 2 is 1.71 bits per heavy atom. The van der Waals surface area contributed by atoms with E-state index in [1.165, 1.54) is 0 Å². The van der Waals surface area contributed by atoms with Crippen molar-refractivity contribution in [3.05, 3.63) is 108 Å². The molecule has 2 aromatic heterocycles. The summed E-state index contributed by atoms with van der Waals surface area (Å²) >= 11 is 0. The van der Waals surface area contributed by atoms with E-state index in [1.807, 2.05) is 22.9 Å². The number of carbonyl (C=O) groups is 1. The van der Waals surface area contributed by atoms with Crippen LogP contribution in [0.15, 0.2) is 91.3 Å². The maximum Gasteiger partial charge on any atom is 0.231 e. The Hall–Kier alpha value is -4.56. The third-order valence-electron chi connectivity index (χ3n) is 8.77. The Kier molecular flexibility index (Phi) is 8.06. The zero-order valence-corrected chi connectivity index (χ0v) is 25.6. The molecular weight excluding hydrogens is 565 g/mol. The number of ether oxygens (including phenoxy) is 1. The number of amides is 1. The van der Waals surface area contributed by atoms with Crippen LogP contribution >= 0.6 is 0 Å². The van der Waals surface area contributed by atoms with E-state index in [4.69, 9.17) is 9.84 Å². The van der Waals surface area contributed by atoms with Gasteiger partial charge in [-0.3, -0.25) is 4.79 Å². The van der Waals surface area contributed by atoms with Crippen molar-refractivity contribution in [2.45, 2.75) is 63.9 Å². The van der Waals surface area contributed by atoms with Crippen LogP contribution in [0.4, 0.5) is 15.9 Å². The van der Waals surface area contributed by atoms with Crippen LogP contribution in [0.5, 0.6) is 0 Å². The van der Waals surface area contributed by atoms with Crippen LogP contribution in [0.2, 0.25) is 0 Å². The van der Waals surface area contributed by atoms with Gasteiger partial charge in [0.05, 0.1) is 17.7 Å². The summed E-state index contributed by atoms with van der Waals surface area (Å²) in [5.74, 6) is -0.316. The quantitative estimate of drug-likeness (QED) is 0.177. The molecule has 0 bridgehead atoms. The maximum absolute atomic E-state index is 13.6. The van der Waals surface area contributed by atoms with Gasteiger partial charge in [-0.2, -0.15) is 5.10 Å². The zero-order valence-electron chi connectivity index (χ0n) is 25.6. The number of fused-ring (bicyclic) bond motifs is 1. The molecule has 2 N–H and O–H groups in total. The number of pyridine rings is 1. The van der Waals surface area contributed by atoms with Crippen LogP contribution in [0, 0.1) is 5.92 Å². The monoisotopic (exact) mass is 603 g/mol. The lowest BCUT2D eigenvalue weighted by Crippen LogP contribution is -2.18. The van der Waals surface area contributed by atoms with Crippen molar-refractivity contribution in [3.63, 3.8) is 0 Å². The molecule has 7 nitrogen and oxygen atoms in total. The summed E-state index contributed by atoms with van der Waals surface area (Å²) in [7, 11) is 0. The Morgan fingerprint density at radius 1 is 1.00 bits per heavy atom. The minimum Gasteiger partial charge on any atom is -0.374 e. The Balaban J connectivity index is 1.35. The van der Waals surface area contributed by atoms with E-state index in [0.717, 1.165) is 70.3 Å². The van der Waals surface area contributed by atoms with Gasteiger partial charge in [0.25, 0.3) is 0 Å². The minimum atomic E-state index is -1.07. The number of hydrogen-bond donors (Lipinski definition) is 2. The Bertz CT molecular complexity index is 1760. The van der Waals surface area contributed by atoms with E-state index >= 15 is 0 Å². The number of carbonyl (C=O) groups excluding carboxylic acids is 1. The summed E-state index contributed by atoms with van der Waals surface area (Å²) in [4.78, 5) is 17.2. The van der Waals surface area contributed by atoms with Crippen LogP contribution in [0.1, 0.15) is 74.5 Å². The van der Waals surface area contributed by atoms with E-state index in [0.29, 0.717) is 5.82 Å². The first-order valence-electron chi connectivity index (χ1n) is 15.9. The van der Waals surface area contributed by atoms with Gasteiger partial charge in [0.1, 0.15) is 18.2 Å². The van der Waals surface area contributed by atoms with Gasteiger partial charge in [0.2, 0.25) is 5.91 Å². The summed E-state index contributed by atoms with van der Waals surface area (Å²) in [6.45, 7) is 5.06. The molecule has 5 aromatic rings. The maximum atomic E-state index is 13.6. The highest BCUT2D eigenvalue weighted by Crippen LogP contribution is 2.39. The summed E-state index contributed by atoms with van der Waals surface area (Å²) in [5.41, 5.74) is 6.23. The van der Waals surface area contributed by atoms with Crippen molar-refractivity contribution in [2.24, 2.45) is 5.92 Å². The lowest BCUT2D eigenvalue weighted by molar-refractivity contribution is -0.117. The van der Waals surface area contributed by atoms with Gasteiger partial charge in [0.15, 0.2) is 0 Å². The molecule has 3 unspecified atom stereocenters. The molecule has 3 atom stereocenters. The van der Waals surface area contributed by atoms with E-state index in [-0.39, 0.29) is 30.5 Å². The third-order valence-corrected chi connectivity index (χ3v) is 8.77. The van der Waals surface area contributed by atoms with Gasteiger partial charge >= 0.3 is 0 Å². The number of hydrogen-bond acceptors (Lipinski definition) is 5. The van der Waals surface area contributed by atoms with E-state index < -0.39 is 12.1 Å². The lowest BCUT2D eigenvalue weighted by Gasteiger charge is -2.23. The number of nitrogens with zero attached hydrogens (tertiary/aromatic N) is 3. The summed E-state index contributed by atoms with van der Waals surface area (Å²) < 4.78 is 21.7. The van der Waals surface area contributed by atoms with Crippen LogP contribution in [0.3, 0.4) is 0 Å². The number of nitrogens with one attached hydrogen (secondary N) is 2. The molecule has 2 fully saturated rings. The van der Waals surface area contributed by atoms with Gasteiger partial charge in [0, 0.05) is 35.6 Å². The molecule has 1 aliphatic heterocycles. The standard InChI is InChI=1S/C37H38FN5O2/c1-23(2)35-30(22-43(42-35)34-15-9-10-16-45-34)26-17-27-19-33(41-37(44)28-20-31(28)38)39-21-29(27)32(18-26)40-36(24-11-5-3-6-12-24)25-13-7-4-8-14-25/h3-8,11-14,17-19,21-23,28,31,34,36,40H,9-10,15-16,20H2,1-2H3,(H,39,41,44). The Morgan fingerprint density at radius 3 is 2.33 bits per heavy atom. The predicted octanol–water partition coefficient (Wildman–Crippen LogP) is 8.42. The fraction of sp³-hybridized carbons (Fsp3) is 0.324. The smallest absolute Gasteiger partial charge is 0.231 e. The van der Waals surface area contributed by atoms with Crippen LogP contribution < -0.4 is 10.6 Å². The second-order valence-corrected chi connectivity index (χ2v) is 12.4. The topological polar surface area (TPSA) is 81.1 Å². The van der Waals surface area contributed by atoms with Crippen molar-refractivity contribution >= 4 is 28.2 Å². The van der Waals surface area contributed by atoms with Gasteiger partial charge in [-0.1, -0.05) is 74.5 Å². The Labute approximate surface area is 262 Å². The van der Waals surface area contributed by atoms with Crippen molar-refractivity contribution in [1.82, 2.24) is 14.8 Å². The van der Waals surface area contributed by atoms with Crippen molar-refractivity contribution in [3.8, 4) is 11.1 Å². The number of benzene rings is 3. The fourth-order valence-electron chi connectivity index (χ4n) is 6.20. The van der Waals surface area contributed by atoms with E-state index in [2.05, 4.69) is 96.3 Å². The van der Waals surface area contributed by atoms with Crippen LogP contribution in [0.25, 0.3) is 21.9 Å². The molecule has 0 spiro atoms. The van der Waals surface area contributed by atoms with Crippen molar-refractivity contribution in [2.75, 3.05) is 17.2 Å². The zero-order chi connectivity index (χ0) is 30.9. The van der Waals surface area contributed by atoms with Crippen molar-refractivity contribution < 1.29 is 13.9 Å². The molecule has 3 aromatic carbocycles. The highest BCUT2D eigenvalue weighted by atomic mass is 19.1. The first kappa shape index (κ1) is 29.2. The molecule has 3 heterocycles. The SMILES string of the molecule is CC(C)c1nn(C2CCCCO2)cc1-c1cc(NC(c2ccccc2)c2ccccc2)c2cnc(NC(=O)C3CC3F)cc2c1. The molecule has 1 amide bonds. The highest BCUT2D eigenvalue weighted by molar-refractivity contribution is 6.01. The predicted molar refractivity (Wildman–Crippen MR) is 176 cm³/mol. The normalized spacial score (nSPS) is 19.6. The van der Waals surface area contributed by atoms with Gasteiger partial charge < -0.3 is 15.4 Å². The number of anilines is 2. The van der Waals surface area contributed by atoms with E-state index in [9.17, 15) is 9.18 Å². The van der Waals surface area contributed by atoms with Gasteiger partial charge in [-0.05, 0) is 71.9 Å². The lowest BCUT2D eigenvalue weighted by atomic mass is 9.95. The second-order valence-electron chi connectivity index (χ2n) is 12.4. The fourth-order valence-corrected chi connectivity index (χ4v) is 6.20. The molecule has 1 saturated heterocycles. The first-order chi connectivity index (χ1) is 21.9. The minimum absolute atomic E-state index is 0.0728. The molecule has 2 aliphatic rings. The van der Waals surface area contributed by atoms with Crippen molar-refractivity contribution in [1.29, 1.82) is 0 Å². The van der Waals surface area contributed by atoms with E-state index in [1.54, 1.807) is 6.20 Å². The first-order valence-corrected chi connectivity index (χ1v) is 15.9. The van der Waals surface area contributed by atoms with Gasteiger partial charge in [-0.15, -0.1) is 0 Å². The molecule has 45 heavy (non-hydrogen) atoms. The largest absolute Gasteiger partial charge is 0.374 e. The highest BCUT2D eigenvalue weighted by Gasteiger charge is 2.43. The molecule has 0 radical (unpaired) electrons. The molecule has 1 aliphatic carbocycles. The molecule has 7 rings (SSSR count). The van der Waals surface area contributed by atoms with Crippen LogP contribution in [-0.4, -0.2) is 33.5 Å². The number of rotatable bonds is 9. The average molecular weight is 604 g/mol. The van der Waals surface area contributed by atoms with Gasteiger partial charge in [-0.25, -0.2) is 14.1 Å². The number of halogens is 1. The number of aromatic nitrogens is 3. The second kappa shape index (κ2) is 12.4. The molecular formula is C37H38FN5O2. The molecule has 8 heteroatoms. The molecule has 230 valence electrons. The molecule has 1 saturated carbocycles. The summed E-state index contributed by atoms with van der Waals surface area (Å²) in [6, 6.07) is 26.8. The number of alkyl halides is 1.